The van der Waals surface area contributed by atoms with Crippen molar-refractivity contribution in [3.05, 3.63) is 97.2 Å². The highest BCUT2D eigenvalue weighted by Gasteiger charge is 2.19. The first-order valence-corrected chi connectivity index (χ1v) is 25.2. The number of esters is 3. The van der Waals surface area contributed by atoms with Crippen molar-refractivity contribution in [1.29, 1.82) is 0 Å². The lowest BCUT2D eigenvalue weighted by molar-refractivity contribution is -0.167. The summed E-state index contributed by atoms with van der Waals surface area (Å²) in [4.78, 5) is 37.5. The molecule has 0 heterocycles. The van der Waals surface area contributed by atoms with Crippen molar-refractivity contribution < 1.29 is 28.6 Å². The van der Waals surface area contributed by atoms with Crippen molar-refractivity contribution in [2.75, 3.05) is 13.2 Å². The molecule has 0 rings (SSSR count). The second-order valence-electron chi connectivity index (χ2n) is 16.4. The van der Waals surface area contributed by atoms with Crippen LogP contribution >= 0.6 is 0 Å². The Labute approximate surface area is 381 Å². The maximum absolute atomic E-state index is 12.6. The van der Waals surface area contributed by atoms with Crippen LogP contribution in [0.15, 0.2) is 97.2 Å². The Kier molecular flexibility index (Phi) is 47.0. The average Bonchev–Trinajstić information content (AvgIpc) is 3.27. The van der Waals surface area contributed by atoms with Crippen LogP contribution < -0.4 is 0 Å². The summed E-state index contributed by atoms with van der Waals surface area (Å²) in [6.07, 6.45) is 65.7. The van der Waals surface area contributed by atoms with Gasteiger partial charge in [-0.05, 0) is 83.5 Å². The fourth-order valence-corrected chi connectivity index (χ4v) is 6.57. The van der Waals surface area contributed by atoms with E-state index in [1.165, 1.54) is 57.8 Å². The van der Waals surface area contributed by atoms with Gasteiger partial charge in [-0.2, -0.15) is 0 Å². The molecule has 1 atom stereocenters. The van der Waals surface area contributed by atoms with Gasteiger partial charge in [-0.3, -0.25) is 14.4 Å². The molecular formula is C56H92O6. The quantitative estimate of drug-likeness (QED) is 0.0263. The van der Waals surface area contributed by atoms with Gasteiger partial charge in [-0.25, -0.2) is 0 Å². The van der Waals surface area contributed by atoms with Crippen LogP contribution in [0.25, 0.3) is 0 Å². The molecule has 0 aromatic rings. The molecular weight excluding hydrogens is 769 g/mol. The fourth-order valence-electron chi connectivity index (χ4n) is 6.57. The normalized spacial score (nSPS) is 12.9. The smallest absolute Gasteiger partial charge is 0.306 e. The highest BCUT2D eigenvalue weighted by Crippen LogP contribution is 2.13. The average molecular weight is 861 g/mol. The summed E-state index contributed by atoms with van der Waals surface area (Å²) >= 11 is 0. The lowest BCUT2D eigenvalue weighted by atomic mass is 10.1. The van der Waals surface area contributed by atoms with E-state index in [1.807, 2.05) is 0 Å². The van der Waals surface area contributed by atoms with Gasteiger partial charge < -0.3 is 14.2 Å². The van der Waals surface area contributed by atoms with Crippen molar-refractivity contribution in [3.8, 4) is 0 Å². The first-order valence-electron chi connectivity index (χ1n) is 25.2. The van der Waals surface area contributed by atoms with Crippen LogP contribution in [-0.4, -0.2) is 37.2 Å². The van der Waals surface area contributed by atoms with E-state index in [2.05, 4.69) is 118 Å². The minimum atomic E-state index is -0.781. The first kappa shape index (κ1) is 58.3. The van der Waals surface area contributed by atoms with E-state index in [0.717, 1.165) is 122 Å². The second-order valence-corrected chi connectivity index (χ2v) is 16.4. The number of hydrogen-bond acceptors (Lipinski definition) is 6. The molecule has 0 aromatic heterocycles. The van der Waals surface area contributed by atoms with Crippen molar-refractivity contribution in [3.63, 3.8) is 0 Å². The van der Waals surface area contributed by atoms with Crippen LogP contribution in [0.1, 0.15) is 220 Å². The standard InChI is InChI=1S/C56H92O6/c1-4-7-10-13-16-18-19-20-21-22-23-24-25-26-27-28-29-30-31-32-33-34-35-36-37-39-40-43-46-49-55(58)61-52-53(51-60-54(57)48-45-42-15-12-9-6-3)62-56(59)50-47-44-41-38-17-14-11-8-5-2/h7,10,16,18,20-21,23-24,26-27,29-30,32-33,35-36,53H,4-6,8-9,11-15,17,19,22,25,28,31,34,37-52H2,1-3H3/b10-7-,18-16-,21-20-,24-23-,27-26-,30-29-,33-32-,36-35-. The topological polar surface area (TPSA) is 78.9 Å². The van der Waals surface area contributed by atoms with E-state index < -0.39 is 6.10 Å². The third kappa shape index (κ3) is 47.4. The monoisotopic (exact) mass is 861 g/mol. The van der Waals surface area contributed by atoms with E-state index in [9.17, 15) is 14.4 Å². The Hall–Kier alpha value is -3.67. The van der Waals surface area contributed by atoms with Crippen LogP contribution in [0.2, 0.25) is 0 Å². The highest BCUT2D eigenvalue weighted by molar-refractivity contribution is 5.71. The summed E-state index contributed by atoms with van der Waals surface area (Å²) in [7, 11) is 0. The SMILES string of the molecule is CC/C=C\C/C=C\C/C=C\C/C=C\C/C=C\C/C=C\C/C=C\C/C=C\CCCCCCC(=O)OCC(COC(=O)CCCCCCCC)OC(=O)CCCCCCCCCCC. The summed E-state index contributed by atoms with van der Waals surface area (Å²) in [6.45, 7) is 6.40. The van der Waals surface area contributed by atoms with Gasteiger partial charge in [0.1, 0.15) is 13.2 Å². The Morgan fingerprint density at radius 2 is 0.629 bits per heavy atom. The molecule has 0 radical (unpaired) electrons. The Bertz CT molecular complexity index is 1260. The summed E-state index contributed by atoms with van der Waals surface area (Å²) in [6, 6.07) is 0. The van der Waals surface area contributed by atoms with Gasteiger partial charge in [-0.15, -0.1) is 0 Å². The minimum Gasteiger partial charge on any atom is -0.462 e. The summed E-state index contributed by atoms with van der Waals surface area (Å²) in [5.74, 6) is -0.930. The number of rotatable bonds is 44. The zero-order valence-electron chi connectivity index (χ0n) is 40.1. The molecule has 0 aromatic carbocycles. The van der Waals surface area contributed by atoms with Crippen LogP contribution in [0, 0.1) is 0 Å². The Morgan fingerprint density at radius 3 is 0.984 bits per heavy atom. The van der Waals surface area contributed by atoms with Gasteiger partial charge >= 0.3 is 17.9 Å². The van der Waals surface area contributed by atoms with Crippen molar-refractivity contribution in [2.45, 2.75) is 226 Å². The number of ether oxygens (including phenoxy) is 3. The molecule has 352 valence electrons. The predicted octanol–water partition coefficient (Wildman–Crippen LogP) is 16.6. The molecule has 0 aliphatic carbocycles. The molecule has 0 fully saturated rings. The minimum absolute atomic E-state index is 0.0851. The number of unbranched alkanes of at least 4 members (excludes halogenated alkanes) is 17. The van der Waals surface area contributed by atoms with Gasteiger partial charge in [-0.1, -0.05) is 214 Å². The lowest BCUT2D eigenvalue weighted by Gasteiger charge is -2.18. The maximum atomic E-state index is 12.6. The number of hydrogen-bond donors (Lipinski definition) is 0. The molecule has 6 heteroatoms. The third-order valence-electron chi connectivity index (χ3n) is 10.4. The molecule has 1 unspecified atom stereocenters. The molecule has 0 spiro atoms. The highest BCUT2D eigenvalue weighted by atomic mass is 16.6. The molecule has 0 saturated carbocycles. The van der Waals surface area contributed by atoms with Crippen molar-refractivity contribution >= 4 is 17.9 Å². The van der Waals surface area contributed by atoms with Gasteiger partial charge in [0.2, 0.25) is 0 Å². The largest absolute Gasteiger partial charge is 0.462 e. The van der Waals surface area contributed by atoms with E-state index in [1.54, 1.807) is 0 Å². The first-order chi connectivity index (χ1) is 30.5. The van der Waals surface area contributed by atoms with E-state index in [-0.39, 0.29) is 31.1 Å². The summed E-state index contributed by atoms with van der Waals surface area (Å²) < 4.78 is 16.6. The zero-order valence-corrected chi connectivity index (χ0v) is 40.1. The lowest BCUT2D eigenvalue weighted by Crippen LogP contribution is -2.30. The van der Waals surface area contributed by atoms with Gasteiger partial charge in [0.15, 0.2) is 6.10 Å². The predicted molar refractivity (Wildman–Crippen MR) is 265 cm³/mol. The summed E-state index contributed by atoms with van der Waals surface area (Å²) in [5.41, 5.74) is 0. The summed E-state index contributed by atoms with van der Waals surface area (Å²) in [5, 5.41) is 0. The van der Waals surface area contributed by atoms with E-state index in [4.69, 9.17) is 14.2 Å². The Balaban J connectivity index is 4.16. The van der Waals surface area contributed by atoms with E-state index >= 15 is 0 Å². The van der Waals surface area contributed by atoms with Crippen LogP contribution in [-0.2, 0) is 28.6 Å². The van der Waals surface area contributed by atoms with Crippen molar-refractivity contribution in [1.82, 2.24) is 0 Å². The number of carbonyl (C=O) groups excluding carboxylic acids is 3. The molecule has 0 amide bonds. The molecule has 0 aliphatic heterocycles. The molecule has 0 saturated heterocycles. The van der Waals surface area contributed by atoms with Gasteiger partial charge in [0.25, 0.3) is 0 Å². The van der Waals surface area contributed by atoms with Gasteiger partial charge in [0.05, 0.1) is 0 Å². The van der Waals surface area contributed by atoms with Crippen molar-refractivity contribution in [2.24, 2.45) is 0 Å². The maximum Gasteiger partial charge on any atom is 0.306 e. The third-order valence-corrected chi connectivity index (χ3v) is 10.4. The zero-order chi connectivity index (χ0) is 45.1. The van der Waals surface area contributed by atoms with Crippen LogP contribution in [0.3, 0.4) is 0 Å². The molecule has 0 N–H and O–H groups in total. The molecule has 6 nitrogen and oxygen atoms in total. The molecule has 0 aliphatic rings. The van der Waals surface area contributed by atoms with E-state index in [0.29, 0.717) is 19.3 Å². The van der Waals surface area contributed by atoms with Gasteiger partial charge in [0, 0.05) is 19.3 Å². The van der Waals surface area contributed by atoms with Crippen LogP contribution in [0.4, 0.5) is 0 Å². The van der Waals surface area contributed by atoms with Crippen LogP contribution in [0.5, 0.6) is 0 Å². The molecule has 62 heavy (non-hydrogen) atoms. The molecule has 0 bridgehead atoms. The fraction of sp³-hybridized carbons (Fsp3) is 0.661. The number of allylic oxidation sites excluding steroid dienone is 16. The number of carbonyl (C=O) groups is 3. The Morgan fingerprint density at radius 1 is 0.339 bits per heavy atom. The second kappa shape index (κ2) is 50.0.